The van der Waals surface area contributed by atoms with Crippen molar-refractivity contribution in [1.29, 1.82) is 0 Å². The maximum atomic E-state index is 11.4. The minimum absolute atomic E-state index is 0.0759. The first-order valence-corrected chi connectivity index (χ1v) is 5.76. The third-order valence-electron chi connectivity index (χ3n) is 2.30. The largest absolute Gasteiger partial charge is 0.463 e. The van der Waals surface area contributed by atoms with Crippen LogP contribution in [0.25, 0.3) is 0 Å². The molecule has 4 heteroatoms. The molecular formula is C12H25NO3. The van der Waals surface area contributed by atoms with E-state index in [4.69, 9.17) is 15.2 Å². The molecular weight excluding hydrogens is 206 g/mol. The highest BCUT2D eigenvalue weighted by atomic mass is 16.6. The quantitative estimate of drug-likeness (QED) is 0.558. The number of carbonyl (C=O) groups excluding carboxylic acids is 1. The van der Waals surface area contributed by atoms with Crippen molar-refractivity contribution in [3.63, 3.8) is 0 Å². The van der Waals surface area contributed by atoms with Crippen molar-refractivity contribution < 1.29 is 14.3 Å². The summed E-state index contributed by atoms with van der Waals surface area (Å²) in [5.74, 6) is -0.255. The monoisotopic (exact) mass is 231 g/mol. The van der Waals surface area contributed by atoms with Crippen LogP contribution in [0.3, 0.4) is 0 Å². The van der Waals surface area contributed by atoms with E-state index in [1.54, 1.807) is 0 Å². The molecule has 16 heavy (non-hydrogen) atoms. The second-order valence-corrected chi connectivity index (χ2v) is 5.32. The van der Waals surface area contributed by atoms with Crippen LogP contribution in [0.4, 0.5) is 0 Å². The molecule has 0 aromatic carbocycles. The smallest absolute Gasteiger partial charge is 0.307 e. The molecule has 2 N–H and O–H groups in total. The highest BCUT2D eigenvalue weighted by Crippen LogP contribution is 2.19. The minimum atomic E-state index is -0.255. The SMILES string of the molecule is CC(C)OCCOC(=O)CC(N)C(C)(C)C. The molecule has 4 nitrogen and oxygen atoms in total. The van der Waals surface area contributed by atoms with Gasteiger partial charge in [0, 0.05) is 6.04 Å². The van der Waals surface area contributed by atoms with E-state index in [1.165, 1.54) is 0 Å². The number of rotatable bonds is 6. The van der Waals surface area contributed by atoms with Crippen LogP contribution in [0.1, 0.15) is 41.0 Å². The molecule has 0 bridgehead atoms. The zero-order valence-corrected chi connectivity index (χ0v) is 11.1. The number of hydrogen-bond donors (Lipinski definition) is 1. The number of carbonyl (C=O) groups is 1. The first kappa shape index (κ1) is 15.4. The summed E-state index contributed by atoms with van der Waals surface area (Å²) in [6.07, 6.45) is 0.418. The normalized spacial score (nSPS) is 13.9. The lowest BCUT2D eigenvalue weighted by atomic mass is 9.85. The molecule has 1 atom stereocenters. The second kappa shape index (κ2) is 6.86. The summed E-state index contributed by atoms with van der Waals surface area (Å²) in [4.78, 5) is 11.4. The summed E-state index contributed by atoms with van der Waals surface area (Å²) >= 11 is 0. The van der Waals surface area contributed by atoms with Gasteiger partial charge >= 0.3 is 5.97 Å². The molecule has 0 fully saturated rings. The van der Waals surface area contributed by atoms with Crippen LogP contribution in [0.15, 0.2) is 0 Å². The number of hydrogen-bond acceptors (Lipinski definition) is 4. The van der Waals surface area contributed by atoms with E-state index in [0.717, 1.165) is 0 Å². The second-order valence-electron chi connectivity index (χ2n) is 5.32. The molecule has 0 aliphatic heterocycles. The van der Waals surface area contributed by atoms with Crippen LogP contribution in [-0.2, 0) is 14.3 Å². The van der Waals surface area contributed by atoms with Crippen molar-refractivity contribution in [2.75, 3.05) is 13.2 Å². The van der Waals surface area contributed by atoms with E-state index in [2.05, 4.69) is 0 Å². The van der Waals surface area contributed by atoms with Gasteiger partial charge in [-0.15, -0.1) is 0 Å². The molecule has 0 saturated heterocycles. The Balaban J connectivity index is 3.67. The summed E-state index contributed by atoms with van der Waals surface area (Å²) in [6.45, 7) is 10.6. The van der Waals surface area contributed by atoms with Gasteiger partial charge in [-0.3, -0.25) is 4.79 Å². The van der Waals surface area contributed by atoms with Crippen molar-refractivity contribution >= 4 is 5.97 Å². The fourth-order valence-electron chi connectivity index (χ4n) is 0.984. The first-order valence-electron chi connectivity index (χ1n) is 5.76. The van der Waals surface area contributed by atoms with Gasteiger partial charge in [0.1, 0.15) is 6.61 Å². The first-order chi connectivity index (χ1) is 7.23. The third kappa shape index (κ3) is 7.65. The van der Waals surface area contributed by atoms with E-state index >= 15 is 0 Å². The Bertz CT molecular complexity index is 209. The number of esters is 1. The van der Waals surface area contributed by atoms with E-state index in [0.29, 0.717) is 13.2 Å². The fraction of sp³-hybridized carbons (Fsp3) is 0.917. The van der Waals surface area contributed by atoms with Crippen molar-refractivity contribution in [1.82, 2.24) is 0 Å². The topological polar surface area (TPSA) is 61.5 Å². The van der Waals surface area contributed by atoms with E-state index in [-0.39, 0.29) is 30.0 Å². The van der Waals surface area contributed by atoms with Crippen molar-refractivity contribution in [3.8, 4) is 0 Å². The van der Waals surface area contributed by atoms with E-state index < -0.39 is 0 Å². The average Bonchev–Trinajstić information content (AvgIpc) is 2.10. The molecule has 0 amide bonds. The molecule has 1 unspecified atom stereocenters. The Labute approximate surface area is 98.5 Å². The van der Waals surface area contributed by atoms with Gasteiger partial charge < -0.3 is 15.2 Å². The molecule has 0 aromatic heterocycles. The third-order valence-corrected chi connectivity index (χ3v) is 2.30. The Hall–Kier alpha value is -0.610. The molecule has 96 valence electrons. The summed E-state index contributed by atoms with van der Waals surface area (Å²) in [7, 11) is 0. The van der Waals surface area contributed by atoms with Gasteiger partial charge in [-0.2, -0.15) is 0 Å². The van der Waals surface area contributed by atoms with Crippen LogP contribution in [-0.4, -0.2) is 31.3 Å². The highest BCUT2D eigenvalue weighted by molar-refractivity contribution is 5.70. The van der Waals surface area contributed by atoms with Gasteiger partial charge in [0.15, 0.2) is 0 Å². The van der Waals surface area contributed by atoms with Gasteiger partial charge in [-0.05, 0) is 19.3 Å². The number of nitrogens with two attached hydrogens (primary N) is 1. The zero-order chi connectivity index (χ0) is 12.8. The summed E-state index contributed by atoms with van der Waals surface area (Å²) < 4.78 is 10.3. The van der Waals surface area contributed by atoms with Gasteiger partial charge in [-0.25, -0.2) is 0 Å². The molecule has 0 radical (unpaired) electrons. The predicted molar refractivity (Wildman–Crippen MR) is 64.1 cm³/mol. The van der Waals surface area contributed by atoms with E-state index in [9.17, 15) is 4.79 Å². The molecule has 0 aliphatic rings. The Morgan fingerprint density at radius 1 is 1.25 bits per heavy atom. The molecule has 0 saturated carbocycles. The van der Waals surface area contributed by atoms with Gasteiger partial charge in [0.05, 0.1) is 19.1 Å². The van der Waals surface area contributed by atoms with Crippen molar-refractivity contribution in [3.05, 3.63) is 0 Å². The summed E-state index contributed by atoms with van der Waals surface area (Å²) in [5.41, 5.74) is 5.80. The summed E-state index contributed by atoms with van der Waals surface area (Å²) in [5, 5.41) is 0. The molecule has 0 aliphatic carbocycles. The Kier molecular flexibility index (Phi) is 6.60. The lowest BCUT2D eigenvalue weighted by molar-refractivity contribution is -0.146. The van der Waals surface area contributed by atoms with Gasteiger partial charge in [-0.1, -0.05) is 20.8 Å². The fourth-order valence-corrected chi connectivity index (χ4v) is 0.984. The lowest BCUT2D eigenvalue weighted by Gasteiger charge is -2.26. The number of ether oxygens (including phenoxy) is 2. The predicted octanol–water partition coefficient (Wildman–Crippen LogP) is 1.72. The zero-order valence-electron chi connectivity index (χ0n) is 11.1. The Morgan fingerprint density at radius 2 is 1.81 bits per heavy atom. The minimum Gasteiger partial charge on any atom is -0.463 e. The molecule has 0 heterocycles. The Morgan fingerprint density at radius 3 is 2.25 bits per heavy atom. The van der Waals surface area contributed by atoms with Gasteiger partial charge in [0.25, 0.3) is 0 Å². The van der Waals surface area contributed by atoms with Crippen LogP contribution in [0.5, 0.6) is 0 Å². The summed E-state index contributed by atoms with van der Waals surface area (Å²) in [6, 6.07) is -0.175. The molecule has 0 spiro atoms. The van der Waals surface area contributed by atoms with Crippen molar-refractivity contribution in [2.24, 2.45) is 11.1 Å². The average molecular weight is 231 g/mol. The standard InChI is InChI=1S/C12H25NO3/c1-9(2)15-6-7-16-11(14)8-10(13)12(3,4)5/h9-10H,6-8,13H2,1-5H3. The lowest BCUT2D eigenvalue weighted by Crippen LogP contribution is -2.37. The maximum absolute atomic E-state index is 11.4. The van der Waals surface area contributed by atoms with Crippen LogP contribution in [0, 0.1) is 5.41 Å². The van der Waals surface area contributed by atoms with Crippen LogP contribution >= 0.6 is 0 Å². The highest BCUT2D eigenvalue weighted by Gasteiger charge is 2.23. The maximum Gasteiger partial charge on any atom is 0.307 e. The molecule has 0 rings (SSSR count). The van der Waals surface area contributed by atoms with Crippen LogP contribution < -0.4 is 5.73 Å². The van der Waals surface area contributed by atoms with Crippen molar-refractivity contribution in [2.45, 2.75) is 53.2 Å². The van der Waals surface area contributed by atoms with Gasteiger partial charge in [0.2, 0.25) is 0 Å². The molecule has 0 aromatic rings. The van der Waals surface area contributed by atoms with E-state index in [1.807, 2.05) is 34.6 Å². The van der Waals surface area contributed by atoms with Crippen LogP contribution in [0.2, 0.25) is 0 Å².